The van der Waals surface area contributed by atoms with Gasteiger partial charge in [0.1, 0.15) is 5.76 Å². The van der Waals surface area contributed by atoms with Gasteiger partial charge in [0.25, 0.3) is 11.8 Å². The Hall–Kier alpha value is -2.31. The summed E-state index contributed by atoms with van der Waals surface area (Å²) in [6.45, 7) is 1.87. The molecule has 1 fully saturated rings. The molecular weight excluding hydrogens is 437 g/mol. The SMILES string of the molecule is Cc1c(C(=O)NC2CCCCC2)oc2c1/C(=N/NC(=O)c1ccc(Cl)cc1Cl)CCC2. The Labute approximate surface area is 191 Å². The van der Waals surface area contributed by atoms with Crippen LogP contribution in [0.2, 0.25) is 10.0 Å². The summed E-state index contributed by atoms with van der Waals surface area (Å²) in [6.07, 6.45) is 7.80. The maximum Gasteiger partial charge on any atom is 0.287 e. The number of aryl methyl sites for hydroxylation is 1. The molecule has 0 unspecified atom stereocenters. The molecule has 31 heavy (non-hydrogen) atoms. The minimum Gasteiger partial charge on any atom is -0.455 e. The Morgan fingerprint density at radius 2 is 1.84 bits per heavy atom. The van der Waals surface area contributed by atoms with E-state index in [1.54, 1.807) is 12.1 Å². The van der Waals surface area contributed by atoms with E-state index in [1.165, 1.54) is 12.5 Å². The predicted molar refractivity (Wildman–Crippen MR) is 121 cm³/mol. The summed E-state index contributed by atoms with van der Waals surface area (Å²) >= 11 is 12.0. The lowest BCUT2D eigenvalue weighted by molar-refractivity contribution is 0.0896. The van der Waals surface area contributed by atoms with E-state index < -0.39 is 5.91 Å². The molecule has 8 heteroatoms. The Bertz CT molecular complexity index is 1040. The second kappa shape index (κ2) is 9.45. The number of furan rings is 1. The van der Waals surface area contributed by atoms with Crippen LogP contribution in [0.3, 0.4) is 0 Å². The zero-order valence-electron chi connectivity index (χ0n) is 17.4. The van der Waals surface area contributed by atoms with E-state index in [1.807, 2.05) is 6.92 Å². The summed E-state index contributed by atoms with van der Waals surface area (Å²) in [5.41, 5.74) is 5.17. The number of nitrogens with one attached hydrogen (secondary N) is 2. The zero-order valence-corrected chi connectivity index (χ0v) is 18.9. The standard InChI is InChI=1S/C23H25Cl2N3O3/c1-13-20-18(27-28-22(29)16-11-10-14(24)12-17(16)25)8-5-9-19(20)31-21(13)23(30)26-15-6-3-2-4-7-15/h10-12,15H,2-9H2,1H3,(H,26,30)(H,28,29)/b27-18+. The Kier molecular flexibility index (Phi) is 6.68. The summed E-state index contributed by atoms with van der Waals surface area (Å²) in [5, 5.41) is 8.18. The summed E-state index contributed by atoms with van der Waals surface area (Å²) in [4.78, 5) is 25.4. The molecule has 1 heterocycles. The second-order valence-corrected chi connectivity index (χ2v) is 8.98. The van der Waals surface area contributed by atoms with Crippen LogP contribution in [-0.2, 0) is 6.42 Å². The van der Waals surface area contributed by atoms with Gasteiger partial charge in [0.05, 0.1) is 16.3 Å². The summed E-state index contributed by atoms with van der Waals surface area (Å²) in [7, 11) is 0. The molecule has 0 atom stereocenters. The normalized spacial score (nSPS) is 18.0. The number of carbonyl (C=O) groups excluding carboxylic acids is 2. The fraction of sp³-hybridized carbons (Fsp3) is 0.435. The van der Waals surface area contributed by atoms with E-state index in [0.29, 0.717) is 28.5 Å². The molecule has 2 N–H and O–H groups in total. The van der Waals surface area contributed by atoms with Crippen LogP contribution >= 0.6 is 23.2 Å². The number of fused-ring (bicyclic) bond motifs is 1. The van der Waals surface area contributed by atoms with Crippen LogP contribution in [0.5, 0.6) is 0 Å². The molecule has 2 aromatic rings. The maximum absolute atomic E-state index is 12.8. The highest BCUT2D eigenvalue weighted by atomic mass is 35.5. The number of halogens is 2. The second-order valence-electron chi connectivity index (χ2n) is 8.14. The third-order valence-electron chi connectivity index (χ3n) is 5.94. The topological polar surface area (TPSA) is 83.7 Å². The van der Waals surface area contributed by atoms with Crippen molar-refractivity contribution in [3.05, 3.63) is 56.5 Å². The third-order valence-corrected chi connectivity index (χ3v) is 6.49. The molecule has 0 spiro atoms. The van der Waals surface area contributed by atoms with Crippen molar-refractivity contribution in [3.63, 3.8) is 0 Å². The summed E-state index contributed by atoms with van der Waals surface area (Å²) in [5.74, 6) is 0.500. The Morgan fingerprint density at radius 1 is 1.06 bits per heavy atom. The molecule has 2 amide bonds. The Morgan fingerprint density at radius 3 is 2.58 bits per heavy atom. The Balaban J connectivity index is 1.53. The lowest BCUT2D eigenvalue weighted by Crippen LogP contribution is -2.36. The van der Waals surface area contributed by atoms with Crippen LogP contribution in [0.15, 0.2) is 27.7 Å². The van der Waals surface area contributed by atoms with Crippen molar-refractivity contribution in [2.24, 2.45) is 5.10 Å². The van der Waals surface area contributed by atoms with Crippen molar-refractivity contribution in [1.29, 1.82) is 0 Å². The first-order valence-electron chi connectivity index (χ1n) is 10.7. The number of hydrazone groups is 1. The van der Waals surface area contributed by atoms with Gasteiger partial charge in [-0.2, -0.15) is 5.10 Å². The van der Waals surface area contributed by atoms with E-state index in [9.17, 15) is 9.59 Å². The minimum absolute atomic E-state index is 0.171. The first-order chi connectivity index (χ1) is 14.9. The van der Waals surface area contributed by atoms with Crippen LogP contribution in [-0.4, -0.2) is 23.6 Å². The largest absolute Gasteiger partial charge is 0.455 e. The van der Waals surface area contributed by atoms with Gasteiger partial charge < -0.3 is 9.73 Å². The van der Waals surface area contributed by atoms with Crippen molar-refractivity contribution in [2.75, 3.05) is 0 Å². The molecule has 164 valence electrons. The number of carbonyl (C=O) groups is 2. The van der Waals surface area contributed by atoms with Crippen LogP contribution in [0, 0.1) is 6.92 Å². The number of rotatable bonds is 4. The monoisotopic (exact) mass is 461 g/mol. The first kappa shape index (κ1) is 21.9. The average Bonchev–Trinajstić information content (AvgIpc) is 3.10. The minimum atomic E-state index is -0.419. The number of hydrogen-bond donors (Lipinski definition) is 2. The van der Waals surface area contributed by atoms with Crippen molar-refractivity contribution >= 4 is 40.7 Å². The zero-order chi connectivity index (χ0) is 22.0. The molecule has 0 aliphatic heterocycles. The molecular formula is C23H25Cl2N3O3. The number of hydrogen-bond acceptors (Lipinski definition) is 4. The number of benzene rings is 1. The predicted octanol–water partition coefficient (Wildman–Crippen LogP) is 5.43. The van der Waals surface area contributed by atoms with Crippen molar-refractivity contribution < 1.29 is 14.0 Å². The van der Waals surface area contributed by atoms with Gasteiger partial charge in [-0.1, -0.05) is 42.5 Å². The van der Waals surface area contributed by atoms with E-state index >= 15 is 0 Å². The molecule has 1 aromatic heterocycles. The molecule has 6 nitrogen and oxygen atoms in total. The van der Waals surface area contributed by atoms with E-state index in [4.69, 9.17) is 27.6 Å². The summed E-state index contributed by atoms with van der Waals surface area (Å²) in [6, 6.07) is 4.88. The van der Waals surface area contributed by atoms with Gasteiger partial charge in [-0.3, -0.25) is 9.59 Å². The van der Waals surface area contributed by atoms with Gasteiger partial charge in [-0.15, -0.1) is 0 Å². The highest BCUT2D eigenvalue weighted by molar-refractivity contribution is 6.36. The van der Waals surface area contributed by atoms with Gasteiger partial charge in [0.2, 0.25) is 0 Å². The molecule has 2 aliphatic rings. The van der Waals surface area contributed by atoms with Gasteiger partial charge in [-0.05, 0) is 50.8 Å². The lowest BCUT2D eigenvalue weighted by atomic mass is 9.93. The third kappa shape index (κ3) is 4.80. The molecule has 1 saturated carbocycles. The van der Waals surface area contributed by atoms with E-state index in [2.05, 4.69) is 15.8 Å². The highest BCUT2D eigenvalue weighted by Crippen LogP contribution is 2.30. The molecule has 0 bridgehead atoms. The van der Waals surface area contributed by atoms with E-state index in [0.717, 1.165) is 55.4 Å². The van der Waals surface area contributed by atoms with Crippen molar-refractivity contribution in [2.45, 2.75) is 64.3 Å². The van der Waals surface area contributed by atoms with Gasteiger partial charge in [0, 0.05) is 28.6 Å². The number of nitrogens with zero attached hydrogens (tertiary/aromatic N) is 1. The fourth-order valence-electron chi connectivity index (χ4n) is 4.35. The molecule has 0 saturated heterocycles. The highest BCUT2D eigenvalue weighted by Gasteiger charge is 2.29. The molecule has 1 aromatic carbocycles. The first-order valence-corrected chi connectivity index (χ1v) is 11.4. The molecule has 0 radical (unpaired) electrons. The van der Waals surface area contributed by atoms with Crippen LogP contribution < -0.4 is 10.7 Å². The van der Waals surface area contributed by atoms with Crippen LogP contribution in [0.4, 0.5) is 0 Å². The van der Waals surface area contributed by atoms with E-state index in [-0.39, 0.29) is 17.0 Å². The van der Waals surface area contributed by atoms with Gasteiger partial charge >= 0.3 is 0 Å². The number of amides is 2. The van der Waals surface area contributed by atoms with Crippen molar-refractivity contribution in [3.8, 4) is 0 Å². The molecule has 2 aliphatic carbocycles. The maximum atomic E-state index is 12.8. The lowest BCUT2D eigenvalue weighted by Gasteiger charge is -2.22. The quantitative estimate of drug-likeness (QED) is 0.595. The van der Waals surface area contributed by atoms with Crippen LogP contribution in [0.25, 0.3) is 0 Å². The van der Waals surface area contributed by atoms with Crippen LogP contribution in [0.1, 0.15) is 82.7 Å². The summed E-state index contributed by atoms with van der Waals surface area (Å²) < 4.78 is 5.95. The fourth-order valence-corrected chi connectivity index (χ4v) is 4.84. The van der Waals surface area contributed by atoms with Gasteiger partial charge in [0.15, 0.2) is 5.76 Å². The van der Waals surface area contributed by atoms with Crippen molar-refractivity contribution in [1.82, 2.24) is 10.7 Å². The molecule has 4 rings (SSSR count). The van der Waals surface area contributed by atoms with Gasteiger partial charge in [-0.25, -0.2) is 5.43 Å². The smallest absolute Gasteiger partial charge is 0.287 e. The average molecular weight is 462 g/mol.